The van der Waals surface area contributed by atoms with Gasteiger partial charge >= 0.3 is 0 Å². The number of methoxy groups -OCH3 is 1. The van der Waals surface area contributed by atoms with Gasteiger partial charge in [0.25, 0.3) is 0 Å². The zero-order valence-electron chi connectivity index (χ0n) is 17.2. The van der Waals surface area contributed by atoms with Crippen molar-refractivity contribution >= 4 is 11.7 Å². The van der Waals surface area contributed by atoms with Crippen molar-refractivity contribution in [2.45, 2.75) is 32.1 Å². The standard InChI is InChI=1S/C23H30N4O2/c1-29-22-10-9-21(24-25-22)27-13-5-8-20(17-27)23(28)26-14-11-19(12-15-26)16-18-6-3-2-4-7-18/h2-4,6-7,9-10,19-20H,5,8,11-17H2,1H3/t20-/m1/s1. The minimum atomic E-state index is 0.0540. The van der Waals surface area contributed by atoms with E-state index in [0.717, 1.165) is 64.1 Å². The zero-order valence-corrected chi connectivity index (χ0v) is 17.2. The summed E-state index contributed by atoms with van der Waals surface area (Å²) in [6.45, 7) is 3.41. The van der Waals surface area contributed by atoms with Crippen molar-refractivity contribution in [3.63, 3.8) is 0 Å². The van der Waals surface area contributed by atoms with Crippen molar-refractivity contribution in [1.82, 2.24) is 15.1 Å². The van der Waals surface area contributed by atoms with Crippen molar-refractivity contribution in [2.24, 2.45) is 11.8 Å². The van der Waals surface area contributed by atoms with Gasteiger partial charge in [-0.25, -0.2) is 0 Å². The molecule has 1 aromatic carbocycles. The minimum absolute atomic E-state index is 0.0540. The molecule has 154 valence electrons. The van der Waals surface area contributed by atoms with E-state index in [-0.39, 0.29) is 5.92 Å². The number of anilines is 1. The maximum absolute atomic E-state index is 13.1. The molecule has 2 fully saturated rings. The molecule has 1 amide bonds. The second-order valence-electron chi connectivity index (χ2n) is 8.18. The van der Waals surface area contributed by atoms with Gasteiger partial charge in [-0.2, -0.15) is 0 Å². The van der Waals surface area contributed by atoms with Crippen LogP contribution in [0.5, 0.6) is 5.88 Å². The number of amides is 1. The number of ether oxygens (including phenoxy) is 1. The third-order valence-corrected chi connectivity index (χ3v) is 6.22. The Bertz CT molecular complexity index is 788. The van der Waals surface area contributed by atoms with Gasteiger partial charge in [0, 0.05) is 32.2 Å². The smallest absolute Gasteiger partial charge is 0.233 e. The Balaban J connectivity index is 1.30. The van der Waals surface area contributed by atoms with Crippen molar-refractivity contribution in [1.29, 1.82) is 0 Å². The minimum Gasteiger partial charge on any atom is -0.480 e. The molecule has 3 heterocycles. The van der Waals surface area contributed by atoms with Crippen molar-refractivity contribution in [2.75, 3.05) is 38.2 Å². The van der Waals surface area contributed by atoms with Gasteiger partial charge in [-0.1, -0.05) is 30.3 Å². The Morgan fingerprint density at radius 3 is 2.52 bits per heavy atom. The lowest BCUT2D eigenvalue weighted by Crippen LogP contribution is -2.47. The van der Waals surface area contributed by atoms with Crippen LogP contribution in [0.3, 0.4) is 0 Å². The topological polar surface area (TPSA) is 58.6 Å². The highest BCUT2D eigenvalue weighted by molar-refractivity contribution is 5.79. The fourth-order valence-electron chi connectivity index (χ4n) is 4.54. The van der Waals surface area contributed by atoms with E-state index in [1.807, 2.05) is 12.1 Å². The zero-order chi connectivity index (χ0) is 20.1. The summed E-state index contributed by atoms with van der Waals surface area (Å²) in [5.41, 5.74) is 1.40. The lowest BCUT2D eigenvalue weighted by atomic mass is 9.89. The molecule has 2 aliphatic rings. The first-order valence-electron chi connectivity index (χ1n) is 10.7. The molecule has 0 radical (unpaired) electrons. The highest BCUT2D eigenvalue weighted by atomic mass is 16.5. The first kappa shape index (κ1) is 19.7. The van der Waals surface area contributed by atoms with Gasteiger partial charge in [-0.3, -0.25) is 4.79 Å². The SMILES string of the molecule is COc1ccc(N2CCC[C@@H](C(=O)N3CCC(Cc4ccccc4)CC3)C2)nn1. The summed E-state index contributed by atoms with van der Waals surface area (Å²) in [5, 5.41) is 8.32. The molecule has 6 nitrogen and oxygen atoms in total. The highest BCUT2D eigenvalue weighted by Crippen LogP contribution is 2.27. The first-order chi connectivity index (χ1) is 14.2. The molecule has 0 bridgehead atoms. The molecule has 2 saturated heterocycles. The fourth-order valence-corrected chi connectivity index (χ4v) is 4.54. The molecule has 6 heteroatoms. The lowest BCUT2D eigenvalue weighted by molar-refractivity contribution is -0.137. The predicted molar refractivity (Wildman–Crippen MR) is 113 cm³/mol. The van der Waals surface area contributed by atoms with Crippen LogP contribution < -0.4 is 9.64 Å². The van der Waals surface area contributed by atoms with Crippen LogP contribution in [0.2, 0.25) is 0 Å². The number of piperidine rings is 2. The average Bonchev–Trinajstić information content (AvgIpc) is 2.80. The molecule has 4 rings (SSSR count). The number of carbonyl (C=O) groups excluding carboxylic acids is 1. The van der Waals surface area contributed by atoms with Gasteiger partial charge in [-0.15, -0.1) is 10.2 Å². The fraction of sp³-hybridized carbons (Fsp3) is 0.522. The van der Waals surface area contributed by atoms with Gasteiger partial charge in [0.1, 0.15) is 0 Å². The predicted octanol–water partition coefficient (Wildman–Crippen LogP) is 3.18. The Labute approximate surface area is 172 Å². The summed E-state index contributed by atoms with van der Waals surface area (Å²) >= 11 is 0. The third kappa shape index (κ3) is 4.86. The molecule has 0 spiro atoms. The summed E-state index contributed by atoms with van der Waals surface area (Å²) in [5.74, 6) is 2.38. The average molecular weight is 395 g/mol. The number of aromatic nitrogens is 2. The summed E-state index contributed by atoms with van der Waals surface area (Å²) < 4.78 is 5.09. The molecular formula is C23H30N4O2. The van der Waals surface area contributed by atoms with Crippen molar-refractivity contribution in [3.05, 3.63) is 48.0 Å². The molecule has 0 unspecified atom stereocenters. The number of carbonyl (C=O) groups is 1. The van der Waals surface area contributed by atoms with Crippen LogP contribution in [0.4, 0.5) is 5.82 Å². The quantitative estimate of drug-likeness (QED) is 0.780. The van der Waals surface area contributed by atoms with Crippen LogP contribution in [0.1, 0.15) is 31.2 Å². The van der Waals surface area contributed by atoms with Crippen LogP contribution in [0, 0.1) is 11.8 Å². The molecule has 1 aromatic heterocycles. The molecule has 1 atom stereocenters. The summed E-state index contributed by atoms with van der Waals surface area (Å²) in [7, 11) is 1.59. The number of hydrogen-bond acceptors (Lipinski definition) is 5. The normalized spacial score (nSPS) is 20.5. The Hall–Kier alpha value is -2.63. The molecule has 0 aliphatic carbocycles. The van der Waals surface area contributed by atoms with Gasteiger partial charge in [-0.05, 0) is 49.7 Å². The second kappa shape index (κ2) is 9.25. The monoisotopic (exact) mass is 394 g/mol. The van der Waals surface area contributed by atoms with Crippen LogP contribution in [0.25, 0.3) is 0 Å². The number of likely N-dealkylation sites (tertiary alicyclic amines) is 1. The molecule has 29 heavy (non-hydrogen) atoms. The first-order valence-corrected chi connectivity index (χ1v) is 10.7. The number of hydrogen-bond donors (Lipinski definition) is 0. The van der Waals surface area contributed by atoms with E-state index in [0.29, 0.717) is 17.7 Å². The lowest BCUT2D eigenvalue weighted by Gasteiger charge is -2.38. The van der Waals surface area contributed by atoms with Crippen LogP contribution in [-0.2, 0) is 11.2 Å². The van der Waals surface area contributed by atoms with Gasteiger partial charge in [0.05, 0.1) is 13.0 Å². The largest absolute Gasteiger partial charge is 0.480 e. The van der Waals surface area contributed by atoms with Gasteiger partial charge in [0.15, 0.2) is 5.82 Å². The van der Waals surface area contributed by atoms with E-state index in [1.165, 1.54) is 5.56 Å². The Morgan fingerprint density at radius 2 is 1.83 bits per heavy atom. The van der Waals surface area contributed by atoms with E-state index in [4.69, 9.17) is 4.74 Å². The molecule has 2 aliphatic heterocycles. The van der Waals surface area contributed by atoms with E-state index in [2.05, 4.69) is 50.3 Å². The highest BCUT2D eigenvalue weighted by Gasteiger charge is 2.32. The van der Waals surface area contributed by atoms with Gasteiger partial charge < -0.3 is 14.5 Å². The van der Waals surface area contributed by atoms with Crippen molar-refractivity contribution < 1.29 is 9.53 Å². The van der Waals surface area contributed by atoms with E-state index >= 15 is 0 Å². The summed E-state index contributed by atoms with van der Waals surface area (Å²) in [6.07, 6.45) is 5.29. The third-order valence-electron chi connectivity index (χ3n) is 6.22. The van der Waals surface area contributed by atoms with Crippen LogP contribution in [0.15, 0.2) is 42.5 Å². The maximum atomic E-state index is 13.1. The number of benzene rings is 1. The molecule has 0 saturated carbocycles. The molecule has 2 aromatic rings. The van der Waals surface area contributed by atoms with Crippen LogP contribution in [-0.4, -0.2) is 54.3 Å². The second-order valence-corrected chi connectivity index (χ2v) is 8.18. The molecule has 0 N–H and O–H groups in total. The van der Waals surface area contributed by atoms with E-state index in [9.17, 15) is 4.79 Å². The number of nitrogens with zero attached hydrogens (tertiary/aromatic N) is 4. The number of rotatable bonds is 5. The Kier molecular flexibility index (Phi) is 6.27. The van der Waals surface area contributed by atoms with Crippen LogP contribution >= 0.6 is 0 Å². The Morgan fingerprint density at radius 1 is 1.03 bits per heavy atom. The summed E-state index contributed by atoms with van der Waals surface area (Å²) in [4.78, 5) is 17.4. The van der Waals surface area contributed by atoms with E-state index in [1.54, 1.807) is 7.11 Å². The maximum Gasteiger partial charge on any atom is 0.233 e. The molecular weight excluding hydrogens is 364 g/mol. The van der Waals surface area contributed by atoms with Gasteiger partial charge in [0.2, 0.25) is 11.8 Å². The summed E-state index contributed by atoms with van der Waals surface area (Å²) in [6, 6.07) is 14.4. The van der Waals surface area contributed by atoms with Crippen molar-refractivity contribution in [3.8, 4) is 5.88 Å². The van der Waals surface area contributed by atoms with E-state index < -0.39 is 0 Å².